The molecule has 2 rings (SSSR count). The first-order valence-corrected chi connectivity index (χ1v) is 5.31. The lowest BCUT2D eigenvalue weighted by molar-refractivity contribution is -0.114. The number of rotatable bonds is 3. The van der Waals surface area contributed by atoms with Crippen LogP contribution in [0.3, 0.4) is 0 Å². The van der Waals surface area contributed by atoms with Crippen LogP contribution < -0.4 is 10.1 Å². The SMILES string of the molecule is CC(=O)Nc1cccnc1Oc1ccc(F)cc1. The summed E-state index contributed by atoms with van der Waals surface area (Å²) >= 11 is 0. The number of anilines is 1. The molecule has 92 valence electrons. The number of benzene rings is 1. The van der Waals surface area contributed by atoms with E-state index in [1.807, 2.05) is 0 Å². The van der Waals surface area contributed by atoms with Gasteiger partial charge in [-0.3, -0.25) is 4.79 Å². The van der Waals surface area contributed by atoms with Gasteiger partial charge in [-0.15, -0.1) is 0 Å². The van der Waals surface area contributed by atoms with E-state index in [-0.39, 0.29) is 17.6 Å². The Morgan fingerprint density at radius 3 is 2.67 bits per heavy atom. The number of halogens is 1. The lowest BCUT2D eigenvalue weighted by Gasteiger charge is -2.09. The quantitative estimate of drug-likeness (QED) is 0.905. The van der Waals surface area contributed by atoms with Crippen molar-refractivity contribution in [2.75, 3.05) is 5.32 Å². The molecule has 1 aromatic heterocycles. The lowest BCUT2D eigenvalue weighted by atomic mass is 10.3. The summed E-state index contributed by atoms with van der Waals surface area (Å²) in [6.07, 6.45) is 1.55. The first-order valence-electron chi connectivity index (χ1n) is 5.31. The first-order chi connectivity index (χ1) is 8.65. The zero-order valence-corrected chi connectivity index (χ0v) is 9.68. The number of nitrogens with zero attached hydrogens (tertiary/aromatic N) is 1. The Morgan fingerprint density at radius 2 is 2.00 bits per heavy atom. The Balaban J connectivity index is 2.23. The zero-order chi connectivity index (χ0) is 13.0. The van der Waals surface area contributed by atoms with Crippen molar-refractivity contribution < 1.29 is 13.9 Å². The van der Waals surface area contributed by atoms with E-state index in [9.17, 15) is 9.18 Å². The maximum absolute atomic E-state index is 12.7. The fourth-order valence-corrected chi connectivity index (χ4v) is 1.37. The highest BCUT2D eigenvalue weighted by Gasteiger charge is 2.07. The van der Waals surface area contributed by atoms with E-state index in [0.29, 0.717) is 11.4 Å². The van der Waals surface area contributed by atoms with E-state index in [4.69, 9.17) is 4.74 Å². The van der Waals surface area contributed by atoms with Crippen molar-refractivity contribution >= 4 is 11.6 Å². The molecule has 4 nitrogen and oxygen atoms in total. The van der Waals surface area contributed by atoms with Crippen LogP contribution in [0.25, 0.3) is 0 Å². The van der Waals surface area contributed by atoms with Crippen LogP contribution >= 0.6 is 0 Å². The van der Waals surface area contributed by atoms with Gasteiger partial charge in [0.15, 0.2) is 0 Å². The molecule has 0 atom stereocenters. The van der Waals surface area contributed by atoms with E-state index in [1.54, 1.807) is 18.3 Å². The minimum atomic E-state index is -0.342. The molecule has 0 unspecified atom stereocenters. The third-order valence-electron chi connectivity index (χ3n) is 2.11. The van der Waals surface area contributed by atoms with Crippen molar-refractivity contribution in [1.82, 2.24) is 4.98 Å². The van der Waals surface area contributed by atoms with Gasteiger partial charge in [0.05, 0.1) is 0 Å². The summed E-state index contributed by atoms with van der Waals surface area (Å²) in [7, 11) is 0. The largest absolute Gasteiger partial charge is 0.437 e. The number of hydrogen-bond acceptors (Lipinski definition) is 3. The standard InChI is InChI=1S/C13H11FN2O2/c1-9(17)16-12-3-2-8-15-13(12)18-11-6-4-10(14)5-7-11/h2-8H,1H3,(H,16,17). The monoisotopic (exact) mass is 246 g/mol. The molecule has 0 aliphatic carbocycles. The topological polar surface area (TPSA) is 51.2 Å². The number of pyridine rings is 1. The molecule has 18 heavy (non-hydrogen) atoms. The molecule has 1 amide bonds. The molecule has 0 fully saturated rings. The van der Waals surface area contributed by atoms with Crippen LogP contribution in [-0.2, 0) is 4.79 Å². The third-order valence-corrected chi connectivity index (χ3v) is 2.11. The molecule has 5 heteroatoms. The van der Waals surface area contributed by atoms with Gasteiger partial charge in [0, 0.05) is 13.1 Å². The van der Waals surface area contributed by atoms with Crippen molar-refractivity contribution in [3.05, 3.63) is 48.4 Å². The minimum Gasteiger partial charge on any atom is -0.437 e. The van der Waals surface area contributed by atoms with Gasteiger partial charge < -0.3 is 10.1 Å². The fourth-order valence-electron chi connectivity index (χ4n) is 1.37. The number of amides is 1. The second-order valence-electron chi connectivity index (χ2n) is 3.59. The minimum absolute atomic E-state index is 0.216. The van der Waals surface area contributed by atoms with Gasteiger partial charge in [-0.1, -0.05) is 0 Å². The number of nitrogens with one attached hydrogen (secondary N) is 1. The van der Waals surface area contributed by atoms with Crippen LogP contribution in [0.4, 0.5) is 10.1 Å². The van der Waals surface area contributed by atoms with Gasteiger partial charge in [0.1, 0.15) is 17.3 Å². The summed E-state index contributed by atoms with van der Waals surface area (Å²) < 4.78 is 18.2. The van der Waals surface area contributed by atoms with Gasteiger partial charge in [-0.2, -0.15) is 0 Å². The predicted molar refractivity (Wildman–Crippen MR) is 65.0 cm³/mol. The Bertz CT molecular complexity index is 555. The van der Waals surface area contributed by atoms with Crippen molar-refractivity contribution in [2.45, 2.75) is 6.92 Å². The van der Waals surface area contributed by atoms with Crippen LogP contribution in [0.1, 0.15) is 6.92 Å². The molecular weight excluding hydrogens is 235 g/mol. The molecule has 1 N–H and O–H groups in total. The maximum Gasteiger partial charge on any atom is 0.243 e. The number of ether oxygens (including phenoxy) is 1. The number of carbonyl (C=O) groups is 1. The van der Waals surface area contributed by atoms with Gasteiger partial charge in [0.25, 0.3) is 0 Å². The Labute approximate surface area is 103 Å². The van der Waals surface area contributed by atoms with Crippen LogP contribution in [0, 0.1) is 5.82 Å². The van der Waals surface area contributed by atoms with Gasteiger partial charge in [0.2, 0.25) is 11.8 Å². The van der Waals surface area contributed by atoms with Crippen LogP contribution in [0.5, 0.6) is 11.6 Å². The zero-order valence-electron chi connectivity index (χ0n) is 9.68. The Morgan fingerprint density at radius 1 is 1.28 bits per heavy atom. The van der Waals surface area contributed by atoms with E-state index < -0.39 is 0 Å². The third kappa shape index (κ3) is 3.04. The molecule has 0 spiro atoms. The smallest absolute Gasteiger partial charge is 0.243 e. The Hall–Kier alpha value is -2.43. The van der Waals surface area contributed by atoms with Gasteiger partial charge in [-0.05, 0) is 36.4 Å². The van der Waals surface area contributed by atoms with Gasteiger partial charge in [-0.25, -0.2) is 9.37 Å². The molecule has 2 aromatic rings. The van der Waals surface area contributed by atoms with E-state index >= 15 is 0 Å². The second-order valence-corrected chi connectivity index (χ2v) is 3.59. The lowest BCUT2D eigenvalue weighted by Crippen LogP contribution is -2.07. The van der Waals surface area contributed by atoms with E-state index in [2.05, 4.69) is 10.3 Å². The van der Waals surface area contributed by atoms with Crippen LogP contribution in [-0.4, -0.2) is 10.9 Å². The summed E-state index contributed by atoms with van der Waals surface area (Å²) in [6, 6.07) is 8.91. The summed E-state index contributed by atoms with van der Waals surface area (Å²) in [5.41, 5.74) is 0.467. The van der Waals surface area contributed by atoms with Gasteiger partial charge >= 0.3 is 0 Å². The first kappa shape index (κ1) is 12.0. The highest BCUT2D eigenvalue weighted by molar-refractivity contribution is 5.89. The molecule has 1 heterocycles. The highest BCUT2D eigenvalue weighted by atomic mass is 19.1. The summed E-state index contributed by atoms with van der Waals surface area (Å²) in [6.45, 7) is 1.40. The molecule has 0 bridgehead atoms. The molecule has 0 saturated heterocycles. The van der Waals surface area contributed by atoms with Crippen molar-refractivity contribution in [2.24, 2.45) is 0 Å². The van der Waals surface area contributed by atoms with Crippen LogP contribution in [0.2, 0.25) is 0 Å². The van der Waals surface area contributed by atoms with Crippen molar-refractivity contribution in [3.8, 4) is 11.6 Å². The molecule has 0 aliphatic heterocycles. The van der Waals surface area contributed by atoms with E-state index in [1.165, 1.54) is 31.2 Å². The Kier molecular flexibility index (Phi) is 3.52. The normalized spacial score (nSPS) is 9.89. The van der Waals surface area contributed by atoms with Crippen molar-refractivity contribution in [1.29, 1.82) is 0 Å². The molecule has 0 radical (unpaired) electrons. The number of carbonyl (C=O) groups excluding carboxylic acids is 1. The number of hydrogen-bond donors (Lipinski definition) is 1. The molecule has 0 saturated carbocycles. The van der Waals surface area contributed by atoms with Crippen LogP contribution in [0.15, 0.2) is 42.6 Å². The maximum atomic E-state index is 12.7. The summed E-state index contributed by atoms with van der Waals surface area (Å²) in [4.78, 5) is 15.0. The molecule has 0 aliphatic rings. The molecular formula is C13H11FN2O2. The second kappa shape index (κ2) is 5.27. The fraction of sp³-hybridized carbons (Fsp3) is 0.0769. The van der Waals surface area contributed by atoms with E-state index in [0.717, 1.165) is 0 Å². The average Bonchev–Trinajstić information content (AvgIpc) is 2.34. The molecule has 1 aromatic carbocycles. The van der Waals surface area contributed by atoms with Crippen molar-refractivity contribution in [3.63, 3.8) is 0 Å². The summed E-state index contributed by atoms with van der Waals surface area (Å²) in [5, 5.41) is 2.60. The highest BCUT2D eigenvalue weighted by Crippen LogP contribution is 2.26. The number of aromatic nitrogens is 1. The summed E-state index contributed by atoms with van der Waals surface area (Å²) in [5.74, 6) is 0.151. The average molecular weight is 246 g/mol. The predicted octanol–water partition coefficient (Wildman–Crippen LogP) is 2.97.